The molecule has 4 aromatic rings. The first-order valence-electron chi connectivity index (χ1n) is 15.7. The average molecular weight is 644 g/mol. The summed E-state index contributed by atoms with van der Waals surface area (Å²) in [6.07, 6.45) is -1.88. The van der Waals surface area contributed by atoms with E-state index >= 15 is 4.39 Å². The van der Waals surface area contributed by atoms with Crippen LogP contribution in [0.1, 0.15) is 49.0 Å². The fraction of sp³-hybridized carbons (Fsp3) is 0.531. The van der Waals surface area contributed by atoms with Gasteiger partial charge in [0, 0.05) is 43.5 Å². The van der Waals surface area contributed by atoms with Gasteiger partial charge < -0.3 is 25.1 Å². The smallest absolute Gasteiger partial charge is 0.418 e. The van der Waals surface area contributed by atoms with Gasteiger partial charge in [0.15, 0.2) is 5.82 Å². The van der Waals surface area contributed by atoms with Crippen molar-refractivity contribution in [1.29, 1.82) is 0 Å². The van der Waals surface area contributed by atoms with Crippen LogP contribution in [0.2, 0.25) is 0 Å². The molecule has 0 amide bonds. The first-order chi connectivity index (χ1) is 21.9. The maximum Gasteiger partial charge on any atom is 0.418 e. The fourth-order valence-electron chi connectivity index (χ4n) is 8.30. The van der Waals surface area contributed by atoms with Crippen molar-refractivity contribution in [2.45, 2.75) is 75.9 Å². The van der Waals surface area contributed by atoms with Crippen LogP contribution in [0, 0.1) is 19.7 Å². The molecule has 46 heavy (non-hydrogen) atoms. The summed E-state index contributed by atoms with van der Waals surface area (Å²) in [7, 11) is 0. The van der Waals surface area contributed by atoms with Crippen LogP contribution in [0.5, 0.6) is 6.01 Å². The highest BCUT2D eigenvalue weighted by atomic mass is 19.4. The summed E-state index contributed by atoms with van der Waals surface area (Å²) in [6.45, 7) is 5.31. The number of nitrogens with one attached hydrogen (secondary N) is 1. The Hall–Kier alpha value is -3.78. The molecule has 8 rings (SSSR count). The molecule has 2 bridgehead atoms. The van der Waals surface area contributed by atoms with Crippen molar-refractivity contribution in [1.82, 2.24) is 25.2 Å². The highest BCUT2D eigenvalue weighted by Gasteiger charge is 2.49. The molecule has 4 fully saturated rings. The van der Waals surface area contributed by atoms with Crippen LogP contribution in [-0.2, 0) is 6.18 Å². The molecule has 0 unspecified atom stereocenters. The van der Waals surface area contributed by atoms with E-state index in [4.69, 9.17) is 19.9 Å². The number of benzene rings is 1. The van der Waals surface area contributed by atoms with E-state index in [1.807, 2.05) is 0 Å². The molecule has 0 saturated carbocycles. The number of halogens is 5. The summed E-state index contributed by atoms with van der Waals surface area (Å²) in [4.78, 5) is 17.5. The second-order valence-corrected chi connectivity index (χ2v) is 13.3. The Balaban J connectivity index is 1.36. The molecule has 4 aliphatic rings. The molecular formula is C32H34F5N7O2. The summed E-state index contributed by atoms with van der Waals surface area (Å²) < 4.78 is 87.2. The van der Waals surface area contributed by atoms with Gasteiger partial charge in [0.05, 0.1) is 27.7 Å². The van der Waals surface area contributed by atoms with E-state index in [2.05, 4.69) is 25.1 Å². The van der Waals surface area contributed by atoms with Crippen molar-refractivity contribution < 1.29 is 31.1 Å². The molecule has 0 spiro atoms. The molecule has 1 aromatic carbocycles. The standard InChI is InChI=1S/C32H34F5N7O2/c1-15-8-21(38)40-26(24(15)32(35,36)37)23-25(34)27-22(20-9-16(2)46-28(20)23)29(43-12-18-4-5-19(13-43)39-18)42-30(41-27)45-14-31-6-3-7-44(31)11-17(33)10-31/h8-9,17-19,39H,3-7,10-14H2,1-2H3,(H2,38,40)/t17-,18-,19+,31+/m1/s1. The lowest BCUT2D eigenvalue weighted by Gasteiger charge is -2.35. The highest BCUT2D eigenvalue weighted by molar-refractivity contribution is 6.15. The number of nitrogens with two attached hydrogens (primary N) is 1. The lowest BCUT2D eigenvalue weighted by atomic mass is 9.95. The van der Waals surface area contributed by atoms with Crippen LogP contribution in [0.4, 0.5) is 33.6 Å². The molecule has 3 N–H and O–H groups in total. The number of piperazine rings is 1. The van der Waals surface area contributed by atoms with Crippen LogP contribution in [0.3, 0.4) is 0 Å². The maximum atomic E-state index is 17.1. The summed E-state index contributed by atoms with van der Waals surface area (Å²) in [6, 6.07) is 3.07. The summed E-state index contributed by atoms with van der Waals surface area (Å²) >= 11 is 0. The molecular weight excluding hydrogens is 609 g/mol. The first-order valence-corrected chi connectivity index (χ1v) is 15.7. The van der Waals surface area contributed by atoms with E-state index < -0.39 is 40.5 Å². The topological polar surface area (TPSA) is 106 Å². The molecule has 0 aliphatic carbocycles. The Morgan fingerprint density at radius 3 is 2.61 bits per heavy atom. The van der Waals surface area contributed by atoms with Gasteiger partial charge in [-0.15, -0.1) is 0 Å². The van der Waals surface area contributed by atoms with E-state index in [0.29, 0.717) is 48.4 Å². The van der Waals surface area contributed by atoms with Gasteiger partial charge in [-0.1, -0.05) is 0 Å². The SMILES string of the molecule is Cc1cc2c(o1)c(-c1nc(N)cc(C)c1C(F)(F)F)c(F)c1nc(OC[C@@]34CCCN3C[C@H](F)C4)nc(N3C[C@H]4CC[C@@H](C3)N4)c12. The molecule has 0 radical (unpaired) electrons. The second kappa shape index (κ2) is 10.4. The largest absolute Gasteiger partial charge is 0.461 e. The van der Waals surface area contributed by atoms with Gasteiger partial charge in [0.2, 0.25) is 0 Å². The van der Waals surface area contributed by atoms with Gasteiger partial charge in [0.1, 0.15) is 41.3 Å². The quantitative estimate of drug-likeness (QED) is 0.266. The predicted molar refractivity (Wildman–Crippen MR) is 162 cm³/mol. The third-order valence-corrected chi connectivity index (χ3v) is 10.2. The van der Waals surface area contributed by atoms with Gasteiger partial charge >= 0.3 is 12.2 Å². The van der Waals surface area contributed by atoms with Gasteiger partial charge in [-0.25, -0.2) is 13.8 Å². The number of pyridine rings is 1. The number of hydrogen-bond donors (Lipinski definition) is 2. The molecule has 14 heteroatoms. The number of aromatic nitrogens is 3. The number of nitrogens with zero attached hydrogens (tertiary/aromatic N) is 5. The Kier molecular flexibility index (Phi) is 6.67. The van der Waals surface area contributed by atoms with Crippen molar-refractivity contribution in [3.63, 3.8) is 0 Å². The van der Waals surface area contributed by atoms with Crippen molar-refractivity contribution in [3.05, 3.63) is 34.8 Å². The Labute approximate surface area is 261 Å². The molecule has 4 atom stereocenters. The van der Waals surface area contributed by atoms with Crippen molar-refractivity contribution in [3.8, 4) is 17.3 Å². The number of alkyl halides is 4. The maximum absolute atomic E-state index is 17.1. The van der Waals surface area contributed by atoms with Crippen LogP contribution in [-0.4, -0.2) is 76.4 Å². The summed E-state index contributed by atoms with van der Waals surface area (Å²) in [5.74, 6) is -0.454. The molecule has 3 aromatic heterocycles. The highest BCUT2D eigenvalue weighted by Crippen LogP contribution is 2.47. The molecule has 244 valence electrons. The van der Waals surface area contributed by atoms with E-state index in [0.717, 1.165) is 38.3 Å². The van der Waals surface area contributed by atoms with Gasteiger partial charge in [-0.3, -0.25) is 4.90 Å². The second-order valence-electron chi connectivity index (χ2n) is 13.3. The minimum Gasteiger partial charge on any atom is -0.461 e. The minimum absolute atomic E-state index is 0.0949. The Morgan fingerprint density at radius 1 is 1.11 bits per heavy atom. The van der Waals surface area contributed by atoms with E-state index in [9.17, 15) is 17.6 Å². The van der Waals surface area contributed by atoms with Crippen molar-refractivity contribution in [2.75, 3.05) is 43.4 Å². The molecule has 4 aliphatic heterocycles. The van der Waals surface area contributed by atoms with Gasteiger partial charge in [-0.2, -0.15) is 23.1 Å². The van der Waals surface area contributed by atoms with Gasteiger partial charge in [0.25, 0.3) is 0 Å². The van der Waals surface area contributed by atoms with E-state index in [1.54, 1.807) is 13.0 Å². The zero-order chi connectivity index (χ0) is 32.1. The van der Waals surface area contributed by atoms with Crippen LogP contribution in [0.15, 0.2) is 16.5 Å². The number of furan rings is 1. The number of fused-ring (bicyclic) bond motifs is 6. The van der Waals surface area contributed by atoms with Crippen molar-refractivity contribution in [2.24, 2.45) is 0 Å². The summed E-state index contributed by atoms with van der Waals surface area (Å²) in [5.41, 5.74) is 2.66. The third kappa shape index (κ3) is 4.66. The number of aryl methyl sites for hydroxylation is 2. The lowest BCUT2D eigenvalue weighted by molar-refractivity contribution is -0.137. The zero-order valence-corrected chi connectivity index (χ0v) is 25.5. The first kappa shape index (κ1) is 29.6. The molecule has 4 saturated heterocycles. The lowest BCUT2D eigenvalue weighted by Crippen LogP contribution is -2.51. The minimum atomic E-state index is -4.86. The Bertz CT molecular complexity index is 1870. The third-order valence-electron chi connectivity index (χ3n) is 10.2. The normalized spacial score (nSPS) is 26.5. The number of hydrogen-bond acceptors (Lipinski definition) is 9. The number of rotatable bonds is 5. The van der Waals surface area contributed by atoms with Crippen LogP contribution in [0.25, 0.3) is 33.1 Å². The van der Waals surface area contributed by atoms with Gasteiger partial charge in [-0.05, 0) is 63.8 Å². The number of anilines is 2. The molecule has 9 nitrogen and oxygen atoms in total. The summed E-state index contributed by atoms with van der Waals surface area (Å²) in [5, 5.41) is 4.27. The predicted octanol–water partition coefficient (Wildman–Crippen LogP) is 5.69. The molecule has 7 heterocycles. The van der Waals surface area contributed by atoms with E-state index in [-0.39, 0.29) is 47.2 Å². The number of ether oxygens (including phenoxy) is 1. The van der Waals surface area contributed by atoms with Crippen LogP contribution >= 0.6 is 0 Å². The Morgan fingerprint density at radius 2 is 1.87 bits per heavy atom. The van der Waals surface area contributed by atoms with Crippen molar-refractivity contribution >= 4 is 33.5 Å². The zero-order valence-electron chi connectivity index (χ0n) is 25.5. The monoisotopic (exact) mass is 643 g/mol. The average Bonchev–Trinajstić information content (AvgIpc) is 3.72. The van der Waals surface area contributed by atoms with E-state index in [1.165, 1.54) is 6.92 Å². The number of nitrogen functional groups attached to an aromatic ring is 1. The van der Waals surface area contributed by atoms with Crippen LogP contribution < -0.4 is 20.7 Å². The fourth-order valence-corrected chi connectivity index (χ4v) is 8.30.